The molecule has 1 aliphatic heterocycles. The smallest absolute Gasteiger partial charge is 0.0640 e. The zero-order valence-electron chi connectivity index (χ0n) is 8.76. The maximum absolute atomic E-state index is 5.94. The standard InChI is InChI=1S/C11H21ClO/c1-3-5-9(2)11-10(8-12)6-4-7-13-11/h9-11H,3-8H2,1-2H3. The van der Waals surface area contributed by atoms with Gasteiger partial charge in [0.1, 0.15) is 0 Å². The van der Waals surface area contributed by atoms with Crippen LogP contribution in [0, 0.1) is 11.8 Å². The van der Waals surface area contributed by atoms with E-state index in [1.165, 1.54) is 25.7 Å². The molecule has 1 rings (SSSR count). The van der Waals surface area contributed by atoms with E-state index in [1.807, 2.05) is 0 Å². The SMILES string of the molecule is CCCC(C)C1OCCCC1CCl. The van der Waals surface area contributed by atoms with Gasteiger partial charge in [0, 0.05) is 12.5 Å². The quantitative estimate of drug-likeness (QED) is 0.638. The molecule has 0 bridgehead atoms. The van der Waals surface area contributed by atoms with Crippen molar-refractivity contribution in [3.8, 4) is 0 Å². The van der Waals surface area contributed by atoms with Gasteiger partial charge in [0.05, 0.1) is 6.10 Å². The molecule has 1 heterocycles. The Kier molecular flexibility index (Phi) is 5.12. The van der Waals surface area contributed by atoms with Gasteiger partial charge >= 0.3 is 0 Å². The molecule has 1 saturated heterocycles. The Hall–Kier alpha value is 0.250. The zero-order valence-corrected chi connectivity index (χ0v) is 9.52. The van der Waals surface area contributed by atoms with E-state index in [0.29, 0.717) is 17.9 Å². The first-order valence-electron chi connectivity index (χ1n) is 5.47. The Morgan fingerprint density at radius 2 is 2.31 bits per heavy atom. The highest BCUT2D eigenvalue weighted by molar-refractivity contribution is 6.18. The Balaban J connectivity index is 2.43. The molecule has 1 fully saturated rings. The average molecular weight is 205 g/mol. The number of halogens is 1. The van der Waals surface area contributed by atoms with Crippen molar-refractivity contribution in [2.45, 2.75) is 45.6 Å². The van der Waals surface area contributed by atoms with Crippen LogP contribution in [0.3, 0.4) is 0 Å². The number of alkyl halides is 1. The van der Waals surface area contributed by atoms with Gasteiger partial charge in [0.15, 0.2) is 0 Å². The highest BCUT2D eigenvalue weighted by Gasteiger charge is 2.29. The maximum atomic E-state index is 5.94. The summed E-state index contributed by atoms with van der Waals surface area (Å²) in [5.74, 6) is 2.03. The Labute approximate surface area is 86.8 Å². The van der Waals surface area contributed by atoms with Crippen LogP contribution >= 0.6 is 11.6 Å². The van der Waals surface area contributed by atoms with E-state index in [0.717, 1.165) is 12.5 Å². The number of ether oxygens (including phenoxy) is 1. The van der Waals surface area contributed by atoms with Gasteiger partial charge in [-0.05, 0) is 31.1 Å². The van der Waals surface area contributed by atoms with Crippen molar-refractivity contribution in [2.24, 2.45) is 11.8 Å². The minimum absolute atomic E-state index is 0.422. The molecule has 0 aromatic rings. The van der Waals surface area contributed by atoms with Gasteiger partial charge in [-0.3, -0.25) is 0 Å². The monoisotopic (exact) mass is 204 g/mol. The second-order valence-electron chi connectivity index (χ2n) is 4.16. The second-order valence-corrected chi connectivity index (χ2v) is 4.47. The Morgan fingerprint density at radius 1 is 1.54 bits per heavy atom. The number of hydrogen-bond acceptors (Lipinski definition) is 1. The molecule has 0 spiro atoms. The van der Waals surface area contributed by atoms with Crippen molar-refractivity contribution in [3.05, 3.63) is 0 Å². The van der Waals surface area contributed by atoms with Crippen LogP contribution in [0.25, 0.3) is 0 Å². The van der Waals surface area contributed by atoms with E-state index >= 15 is 0 Å². The summed E-state index contributed by atoms with van der Waals surface area (Å²) >= 11 is 5.94. The number of hydrogen-bond donors (Lipinski definition) is 0. The molecular formula is C11H21ClO. The van der Waals surface area contributed by atoms with Crippen LogP contribution < -0.4 is 0 Å². The van der Waals surface area contributed by atoms with Gasteiger partial charge in [-0.25, -0.2) is 0 Å². The van der Waals surface area contributed by atoms with Crippen molar-refractivity contribution in [2.75, 3.05) is 12.5 Å². The molecule has 0 N–H and O–H groups in total. The molecule has 1 aliphatic rings. The van der Waals surface area contributed by atoms with E-state index in [1.54, 1.807) is 0 Å². The summed E-state index contributed by atoms with van der Waals surface area (Å²) in [5.41, 5.74) is 0. The summed E-state index contributed by atoms with van der Waals surface area (Å²) < 4.78 is 5.81. The third-order valence-electron chi connectivity index (χ3n) is 3.00. The summed E-state index contributed by atoms with van der Waals surface area (Å²) in [4.78, 5) is 0. The van der Waals surface area contributed by atoms with Gasteiger partial charge in [-0.1, -0.05) is 20.3 Å². The second kappa shape index (κ2) is 5.87. The molecule has 0 aromatic carbocycles. The average Bonchev–Trinajstić information content (AvgIpc) is 2.18. The van der Waals surface area contributed by atoms with Gasteiger partial charge < -0.3 is 4.74 Å². The molecule has 0 aliphatic carbocycles. The summed E-state index contributed by atoms with van der Waals surface area (Å²) in [5, 5.41) is 0. The van der Waals surface area contributed by atoms with Crippen LogP contribution in [-0.4, -0.2) is 18.6 Å². The van der Waals surface area contributed by atoms with Crippen LogP contribution in [0.15, 0.2) is 0 Å². The molecule has 3 unspecified atom stereocenters. The lowest BCUT2D eigenvalue weighted by Crippen LogP contribution is -2.35. The Morgan fingerprint density at radius 3 is 2.92 bits per heavy atom. The predicted molar refractivity (Wildman–Crippen MR) is 57.3 cm³/mol. The highest BCUT2D eigenvalue weighted by atomic mass is 35.5. The molecule has 0 amide bonds. The normalized spacial score (nSPS) is 31.6. The number of rotatable bonds is 4. The van der Waals surface area contributed by atoms with Crippen LogP contribution in [0.4, 0.5) is 0 Å². The van der Waals surface area contributed by atoms with Gasteiger partial charge in [0.25, 0.3) is 0 Å². The predicted octanol–water partition coefficient (Wildman–Crippen LogP) is 3.46. The fraction of sp³-hybridized carbons (Fsp3) is 1.00. The zero-order chi connectivity index (χ0) is 9.68. The van der Waals surface area contributed by atoms with Crippen LogP contribution in [0.5, 0.6) is 0 Å². The molecule has 0 saturated carbocycles. The molecule has 0 radical (unpaired) electrons. The van der Waals surface area contributed by atoms with Crippen molar-refractivity contribution in [1.29, 1.82) is 0 Å². The third-order valence-corrected chi connectivity index (χ3v) is 3.39. The lowest BCUT2D eigenvalue weighted by Gasteiger charge is -2.34. The van der Waals surface area contributed by atoms with Crippen LogP contribution in [0.1, 0.15) is 39.5 Å². The highest BCUT2D eigenvalue weighted by Crippen LogP contribution is 2.29. The van der Waals surface area contributed by atoms with Gasteiger partial charge in [-0.2, -0.15) is 0 Å². The van der Waals surface area contributed by atoms with Crippen LogP contribution in [0.2, 0.25) is 0 Å². The molecule has 3 atom stereocenters. The van der Waals surface area contributed by atoms with Crippen LogP contribution in [-0.2, 0) is 4.74 Å². The molecule has 1 nitrogen and oxygen atoms in total. The molecular weight excluding hydrogens is 184 g/mol. The first kappa shape index (κ1) is 11.3. The summed E-state index contributed by atoms with van der Waals surface area (Å²) in [6, 6.07) is 0. The van der Waals surface area contributed by atoms with E-state index < -0.39 is 0 Å². The van der Waals surface area contributed by atoms with Crippen molar-refractivity contribution in [1.82, 2.24) is 0 Å². The maximum Gasteiger partial charge on any atom is 0.0640 e. The fourth-order valence-electron chi connectivity index (χ4n) is 2.28. The van der Waals surface area contributed by atoms with E-state index in [4.69, 9.17) is 16.3 Å². The van der Waals surface area contributed by atoms with Crippen molar-refractivity contribution >= 4 is 11.6 Å². The molecule has 78 valence electrons. The topological polar surface area (TPSA) is 9.23 Å². The van der Waals surface area contributed by atoms with E-state index in [-0.39, 0.29) is 0 Å². The minimum Gasteiger partial charge on any atom is -0.378 e. The van der Waals surface area contributed by atoms with Gasteiger partial charge in [0.2, 0.25) is 0 Å². The van der Waals surface area contributed by atoms with E-state index in [9.17, 15) is 0 Å². The molecule has 2 heteroatoms. The van der Waals surface area contributed by atoms with Crippen molar-refractivity contribution in [3.63, 3.8) is 0 Å². The first-order chi connectivity index (χ1) is 6.29. The molecule has 13 heavy (non-hydrogen) atoms. The van der Waals surface area contributed by atoms with Crippen molar-refractivity contribution < 1.29 is 4.74 Å². The lowest BCUT2D eigenvalue weighted by atomic mass is 9.86. The van der Waals surface area contributed by atoms with E-state index in [2.05, 4.69) is 13.8 Å². The summed E-state index contributed by atoms with van der Waals surface area (Å²) in [6.45, 7) is 5.46. The first-order valence-corrected chi connectivity index (χ1v) is 6.00. The largest absolute Gasteiger partial charge is 0.378 e. The minimum atomic E-state index is 0.422. The molecule has 0 aromatic heterocycles. The summed E-state index contributed by atoms with van der Waals surface area (Å²) in [6.07, 6.45) is 5.37. The summed E-state index contributed by atoms with van der Waals surface area (Å²) in [7, 11) is 0. The van der Waals surface area contributed by atoms with Gasteiger partial charge in [-0.15, -0.1) is 11.6 Å². The fourth-order valence-corrected chi connectivity index (χ4v) is 2.61. The lowest BCUT2D eigenvalue weighted by molar-refractivity contribution is -0.0514. The Bertz CT molecular complexity index is 138. The third kappa shape index (κ3) is 3.14.